The first-order valence-corrected chi connectivity index (χ1v) is 9.77. The lowest BCUT2D eigenvalue weighted by Crippen LogP contribution is -2.32. The fraction of sp³-hybridized carbons (Fsp3) is 0.381. The minimum atomic E-state index is -0.175. The molecule has 2 aromatic rings. The minimum absolute atomic E-state index is 0.175. The van der Waals surface area contributed by atoms with Crippen molar-refractivity contribution < 1.29 is 9.53 Å². The fourth-order valence-electron chi connectivity index (χ4n) is 3.39. The number of carbonyl (C=O) groups excluding carboxylic acids is 1. The van der Waals surface area contributed by atoms with E-state index in [1.54, 1.807) is 13.2 Å². The highest BCUT2D eigenvalue weighted by molar-refractivity contribution is 9.10. The van der Waals surface area contributed by atoms with Crippen molar-refractivity contribution >= 4 is 33.2 Å². The van der Waals surface area contributed by atoms with E-state index in [1.165, 1.54) is 18.5 Å². The number of ether oxygens (including phenoxy) is 1. The van der Waals surface area contributed by atoms with Crippen LogP contribution >= 0.6 is 15.9 Å². The summed E-state index contributed by atoms with van der Waals surface area (Å²) in [5.41, 5.74) is 3.43. The van der Waals surface area contributed by atoms with Crippen LogP contribution in [-0.2, 0) is 0 Å². The first kappa shape index (κ1) is 18.8. The molecule has 5 heteroatoms. The molecule has 138 valence electrons. The summed E-state index contributed by atoms with van der Waals surface area (Å²) >= 11 is 3.45. The molecule has 1 fully saturated rings. The number of benzene rings is 2. The van der Waals surface area contributed by atoms with Crippen LogP contribution < -0.4 is 15.0 Å². The van der Waals surface area contributed by atoms with E-state index in [4.69, 9.17) is 4.74 Å². The van der Waals surface area contributed by atoms with Gasteiger partial charge in [0.15, 0.2) is 0 Å². The summed E-state index contributed by atoms with van der Waals surface area (Å²) in [4.78, 5) is 15.1. The molecule has 0 aliphatic carbocycles. The highest BCUT2D eigenvalue weighted by Crippen LogP contribution is 2.29. The molecule has 1 saturated heterocycles. The summed E-state index contributed by atoms with van der Waals surface area (Å²) in [7, 11) is 1.58. The smallest absolute Gasteiger partial charge is 0.259 e. The van der Waals surface area contributed by atoms with Gasteiger partial charge in [-0.05, 0) is 67.6 Å². The average molecular weight is 417 g/mol. The molecule has 1 N–H and O–H groups in total. The Bertz CT molecular complexity index is 781. The molecule has 0 radical (unpaired) electrons. The second-order valence-electron chi connectivity index (χ2n) is 6.97. The standard InChI is InChI=1S/C21H25BrN2O2/c1-14-8-10-24(11-9-14)18-6-4-17(5-7-18)23-21(25)19-13-16(22)12-15(2)20(19)26-3/h4-7,12-14H,8-11H2,1-3H3,(H,23,25). The van der Waals surface area contributed by atoms with Gasteiger partial charge in [-0.1, -0.05) is 22.9 Å². The number of anilines is 2. The van der Waals surface area contributed by atoms with Gasteiger partial charge in [0, 0.05) is 28.9 Å². The summed E-state index contributed by atoms with van der Waals surface area (Å²) < 4.78 is 6.27. The number of piperidine rings is 1. The minimum Gasteiger partial charge on any atom is -0.496 e. The second kappa shape index (κ2) is 8.12. The van der Waals surface area contributed by atoms with E-state index >= 15 is 0 Å². The van der Waals surface area contributed by atoms with Crippen LogP contribution in [0.15, 0.2) is 40.9 Å². The SMILES string of the molecule is COc1c(C)cc(Br)cc1C(=O)Nc1ccc(N2CCC(C)CC2)cc1. The zero-order chi connectivity index (χ0) is 18.7. The van der Waals surface area contributed by atoms with Crippen LogP contribution in [0.4, 0.5) is 11.4 Å². The van der Waals surface area contributed by atoms with Crippen LogP contribution in [0.25, 0.3) is 0 Å². The quantitative estimate of drug-likeness (QED) is 0.739. The van der Waals surface area contributed by atoms with Gasteiger partial charge in [0.1, 0.15) is 5.75 Å². The van der Waals surface area contributed by atoms with Gasteiger partial charge in [0.05, 0.1) is 12.7 Å². The Morgan fingerprint density at radius 3 is 2.46 bits per heavy atom. The Labute approximate surface area is 163 Å². The van der Waals surface area contributed by atoms with Crippen molar-refractivity contribution in [2.45, 2.75) is 26.7 Å². The van der Waals surface area contributed by atoms with E-state index in [1.807, 2.05) is 25.1 Å². The number of hydrogen-bond donors (Lipinski definition) is 1. The molecule has 3 rings (SSSR count). The number of carbonyl (C=O) groups is 1. The monoisotopic (exact) mass is 416 g/mol. The molecule has 0 saturated carbocycles. The Morgan fingerprint density at radius 1 is 1.19 bits per heavy atom. The highest BCUT2D eigenvalue weighted by Gasteiger charge is 2.17. The van der Waals surface area contributed by atoms with Gasteiger partial charge >= 0.3 is 0 Å². The molecule has 4 nitrogen and oxygen atoms in total. The van der Waals surface area contributed by atoms with Crippen molar-refractivity contribution in [3.63, 3.8) is 0 Å². The maximum absolute atomic E-state index is 12.7. The van der Waals surface area contributed by atoms with Gasteiger partial charge < -0.3 is 15.0 Å². The number of rotatable bonds is 4. The molecular formula is C21H25BrN2O2. The molecule has 0 spiro atoms. The van der Waals surface area contributed by atoms with Gasteiger partial charge in [0.2, 0.25) is 0 Å². The molecular weight excluding hydrogens is 392 g/mol. The zero-order valence-corrected chi connectivity index (χ0v) is 17.1. The maximum atomic E-state index is 12.7. The van der Waals surface area contributed by atoms with Gasteiger partial charge in [-0.15, -0.1) is 0 Å². The first-order chi connectivity index (χ1) is 12.5. The molecule has 1 aliphatic heterocycles. The topological polar surface area (TPSA) is 41.6 Å². The van der Waals surface area contributed by atoms with Crippen molar-refractivity contribution in [2.24, 2.45) is 5.92 Å². The van der Waals surface area contributed by atoms with E-state index in [0.717, 1.165) is 34.7 Å². The summed E-state index contributed by atoms with van der Waals surface area (Å²) in [6.07, 6.45) is 2.47. The Kier molecular flexibility index (Phi) is 5.87. The lowest BCUT2D eigenvalue weighted by atomic mass is 9.99. The van der Waals surface area contributed by atoms with Crippen LogP contribution in [0.1, 0.15) is 35.7 Å². The number of nitrogens with one attached hydrogen (secondary N) is 1. The molecule has 0 atom stereocenters. The summed E-state index contributed by atoms with van der Waals surface area (Å²) in [5, 5.41) is 2.97. The average Bonchev–Trinajstić information content (AvgIpc) is 2.62. The van der Waals surface area contributed by atoms with E-state index in [-0.39, 0.29) is 5.91 Å². The normalized spacial score (nSPS) is 15.0. The second-order valence-corrected chi connectivity index (χ2v) is 7.89. The summed E-state index contributed by atoms with van der Waals surface area (Å²) in [5.74, 6) is 1.24. The van der Waals surface area contributed by atoms with E-state index in [0.29, 0.717) is 11.3 Å². The fourth-order valence-corrected chi connectivity index (χ4v) is 3.96. The third-order valence-electron chi connectivity index (χ3n) is 4.96. The van der Waals surface area contributed by atoms with Crippen molar-refractivity contribution in [2.75, 3.05) is 30.4 Å². The van der Waals surface area contributed by atoms with Gasteiger partial charge in [0.25, 0.3) is 5.91 Å². The lowest BCUT2D eigenvalue weighted by Gasteiger charge is -2.32. The van der Waals surface area contributed by atoms with Crippen molar-refractivity contribution in [3.05, 3.63) is 52.0 Å². The number of aryl methyl sites for hydroxylation is 1. The predicted molar refractivity (Wildman–Crippen MR) is 110 cm³/mol. The predicted octanol–water partition coefficient (Wildman–Crippen LogP) is 5.25. The first-order valence-electron chi connectivity index (χ1n) is 8.98. The zero-order valence-electron chi connectivity index (χ0n) is 15.5. The number of methoxy groups -OCH3 is 1. The van der Waals surface area contributed by atoms with Crippen molar-refractivity contribution in [1.29, 1.82) is 0 Å². The lowest BCUT2D eigenvalue weighted by molar-refractivity contribution is 0.102. The number of amides is 1. The number of hydrogen-bond acceptors (Lipinski definition) is 3. The van der Waals surface area contributed by atoms with Crippen molar-refractivity contribution in [3.8, 4) is 5.75 Å². The third kappa shape index (κ3) is 4.21. The Balaban J connectivity index is 1.72. The molecule has 1 amide bonds. The van der Waals surface area contributed by atoms with Crippen LogP contribution in [0, 0.1) is 12.8 Å². The van der Waals surface area contributed by atoms with Gasteiger partial charge in [-0.2, -0.15) is 0 Å². The summed E-state index contributed by atoms with van der Waals surface area (Å²) in [6, 6.07) is 11.8. The van der Waals surface area contributed by atoms with Crippen LogP contribution in [0.5, 0.6) is 5.75 Å². The van der Waals surface area contributed by atoms with Crippen LogP contribution in [0.3, 0.4) is 0 Å². The molecule has 0 aromatic heterocycles. The largest absolute Gasteiger partial charge is 0.496 e. The van der Waals surface area contributed by atoms with Gasteiger partial charge in [-0.3, -0.25) is 4.79 Å². The van der Waals surface area contributed by atoms with E-state index < -0.39 is 0 Å². The number of nitrogens with zero attached hydrogens (tertiary/aromatic N) is 1. The van der Waals surface area contributed by atoms with Crippen LogP contribution in [0.2, 0.25) is 0 Å². The Morgan fingerprint density at radius 2 is 1.85 bits per heavy atom. The number of halogens is 1. The maximum Gasteiger partial charge on any atom is 0.259 e. The molecule has 2 aromatic carbocycles. The molecule has 1 heterocycles. The third-order valence-corrected chi connectivity index (χ3v) is 5.42. The highest BCUT2D eigenvalue weighted by atomic mass is 79.9. The molecule has 0 bridgehead atoms. The molecule has 1 aliphatic rings. The van der Waals surface area contributed by atoms with E-state index in [2.05, 4.69) is 45.2 Å². The van der Waals surface area contributed by atoms with Crippen molar-refractivity contribution in [1.82, 2.24) is 0 Å². The van der Waals surface area contributed by atoms with Crippen LogP contribution in [-0.4, -0.2) is 26.1 Å². The Hall–Kier alpha value is -2.01. The molecule has 26 heavy (non-hydrogen) atoms. The van der Waals surface area contributed by atoms with E-state index in [9.17, 15) is 4.79 Å². The summed E-state index contributed by atoms with van der Waals surface area (Å²) in [6.45, 7) is 6.44. The van der Waals surface area contributed by atoms with Gasteiger partial charge in [-0.25, -0.2) is 0 Å². The molecule has 0 unspecified atom stereocenters.